The standard InChI is InChI=1S/C19H24N2O3S/c1-15-13-18(24-2)9-10-19(15)25(22,23)20-16-7-6-8-17(14-16)21-11-4-3-5-12-21/h6-10,13-14,20H,3-5,11-12H2,1-2H3. The summed E-state index contributed by atoms with van der Waals surface area (Å²) in [6.07, 6.45) is 3.63. The van der Waals surface area contributed by atoms with Crippen molar-refractivity contribution in [3.05, 3.63) is 48.0 Å². The first kappa shape index (κ1) is 17.6. The molecule has 6 heteroatoms. The van der Waals surface area contributed by atoms with Crippen molar-refractivity contribution < 1.29 is 13.2 Å². The van der Waals surface area contributed by atoms with E-state index in [0.717, 1.165) is 18.8 Å². The summed E-state index contributed by atoms with van der Waals surface area (Å²) in [5.41, 5.74) is 2.30. The number of hydrogen-bond acceptors (Lipinski definition) is 4. The number of anilines is 2. The largest absolute Gasteiger partial charge is 0.497 e. The van der Waals surface area contributed by atoms with Crippen molar-refractivity contribution >= 4 is 21.4 Å². The minimum Gasteiger partial charge on any atom is -0.497 e. The molecule has 0 radical (unpaired) electrons. The highest BCUT2D eigenvalue weighted by Crippen LogP contribution is 2.26. The quantitative estimate of drug-likeness (QED) is 0.881. The molecule has 0 aromatic heterocycles. The van der Waals surface area contributed by atoms with Crippen molar-refractivity contribution in [2.45, 2.75) is 31.1 Å². The molecule has 134 valence electrons. The summed E-state index contributed by atoms with van der Waals surface area (Å²) < 4.78 is 33.3. The number of hydrogen-bond donors (Lipinski definition) is 1. The van der Waals surface area contributed by atoms with Crippen LogP contribution in [0.25, 0.3) is 0 Å². The lowest BCUT2D eigenvalue weighted by Crippen LogP contribution is -2.29. The highest BCUT2D eigenvalue weighted by molar-refractivity contribution is 7.92. The van der Waals surface area contributed by atoms with Crippen LogP contribution in [-0.2, 0) is 10.0 Å². The van der Waals surface area contributed by atoms with Crippen LogP contribution in [0.3, 0.4) is 0 Å². The fraction of sp³-hybridized carbons (Fsp3) is 0.368. The van der Waals surface area contributed by atoms with Gasteiger partial charge in [-0.2, -0.15) is 0 Å². The Morgan fingerprint density at radius 2 is 1.80 bits per heavy atom. The van der Waals surface area contributed by atoms with E-state index in [1.807, 2.05) is 18.2 Å². The highest BCUT2D eigenvalue weighted by Gasteiger charge is 2.18. The second-order valence-electron chi connectivity index (χ2n) is 6.33. The van der Waals surface area contributed by atoms with Gasteiger partial charge in [0.25, 0.3) is 10.0 Å². The number of piperidine rings is 1. The zero-order valence-electron chi connectivity index (χ0n) is 14.7. The lowest BCUT2D eigenvalue weighted by atomic mass is 10.1. The second kappa shape index (κ2) is 7.35. The van der Waals surface area contributed by atoms with Gasteiger partial charge in [-0.25, -0.2) is 8.42 Å². The van der Waals surface area contributed by atoms with E-state index in [4.69, 9.17) is 4.74 Å². The Bertz CT molecular complexity index is 843. The van der Waals surface area contributed by atoms with Crippen LogP contribution in [-0.4, -0.2) is 28.6 Å². The molecule has 0 aliphatic carbocycles. The number of ether oxygens (including phenoxy) is 1. The zero-order valence-corrected chi connectivity index (χ0v) is 15.5. The third kappa shape index (κ3) is 4.07. The van der Waals surface area contributed by atoms with Gasteiger partial charge in [0, 0.05) is 18.8 Å². The molecule has 5 nitrogen and oxygen atoms in total. The molecule has 1 fully saturated rings. The number of benzene rings is 2. The second-order valence-corrected chi connectivity index (χ2v) is 7.99. The Morgan fingerprint density at radius 1 is 1.04 bits per heavy atom. The van der Waals surface area contributed by atoms with Gasteiger partial charge in [0.1, 0.15) is 5.75 Å². The van der Waals surface area contributed by atoms with Crippen molar-refractivity contribution in [2.75, 3.05) is 29.8 Å². The van der Waals surface area contributed by atoms with E-state index in [2.05, 4.69) is 9.62 Å². The number of sulfonamides is 1. The van der Waals surface area contributed by atoms with Crippen molar-refractivity contribution in [3.63, 3.8) is 0 Å². The van der Waals surface area contributed by atoms with E-state index in [0.29, 0.717) is 17.0 Å². The number of methoxy groups -OCH3 is 1. The first-order valence-corrected chi connectivity index (χ1v) is 10.0. The molecule has 3 rings (SSSR count). The Morgan fingerprint density at radius 3 is 2.48 bits per heavy atom. The Labute approximate surface area is 149 Å². The van der Waals surface area contributed by atoms with Gasteiger partial charge < -0.3 is 9.64 Å². The maximum atomic E-state index is 12.7. The van der Waals surface area contributed by atoms with E-state index in [-0.39, 0.29) is 4.90 Å². The summed E-state index contributed by atoms with van der Waals surface area (Å²) in [5.74, 6) is 0.642. The summed E-state index contributed by atoms with van der Waals surface area (Å²) in [7, 11) is -2.08. The van der Waals surface area contributed by atoms with Gasteiger partial charge in [-0.15, -0.1) is 0 Å². The van der Waals surface area contributed by atoms with Crippen LogP contribution < -0.4 is 14.4 Å². The maximum absolute atomic E-state index is 12.7. The van der Waals surface area contributed by atoms with Crippen molar-refractivity contribution in [1.29, 1.82) is 0 Å². The predicted molar refractivity (Wildman–Crippen MR) is 101 cm³/mol. The molecule has 0 atom stereocenters. The van der Waals surface area contributed by atoms with E-state index in [1.54, 1.807) is 38.3 Å². The molecule has 1 heterocycles. The molecule has 2 aromatic rings. The number of rotatable bonds is 5. The smallest absolute Gasteiger partial charge is 0.262 e. The maximum Gasteiger partial charge on any atom is 0.262 e. The third-order valence-corrected chi connectivity index (χ3v) is 6.03. The molecule has 1 aliphatic rings. The molecule has 0 saturated carbocycles. The van der Waals surface area contributed by atoms with Crippen LogP contribution in [0.5, 0.6) is 5.75 Å². The van der Waals surface area contributed by atoms with E-state index < -0.39 is 10.0 Å². The van der Waals surface area contributed by atoms with E-state index in [1.165, 1.54) is 19.3 Å². The molecule has 25 heavy (non-hydrogen) atoms. The van der Waals surface area contributed by atoms with Gasteiger partial charge in [-0.1, -0.05) is 6.07 Å². The van der Waals surface area contributed by atoms with Gasteiger partial charge in [-0.3, -0.25) is 4.72 Å². The summed E-state index contributed by atoms with van der Waals surface area (Å²) >= 11 is 0. The average molecular weight is 360 g/mol. The monoisotopic (exact) mass is 360 g/mol. The molecule has 0 amide bonds. The Balaban J connectivity index is 1.83. The SMILES string of the molecule is COc1ccc(S(=O)(=O)Nc2cccc(N3CCCCC3)c2)c(C)c1. The Hall–Kier alpha value is -2.21. The van der Waals surface area contributed by atoms with Crippen molar-refractivity contribution in [2.24, 2.45) is 0 Å². The van der Waals surface area contributed by atoms with Crippen LogP contribution in [0.15, 0.2) is 47.4 Å². The average Bonchev–Trinajstić information content (AvgIpc) is 2.62. The first-order valence-electron chi connectivity index (χ1n) is 8.52. The summed E-state index contributed by atoms with van der Waals surface area (Å²) in [5, 5.41) is 0. The van der Waals surface area contributed by atoms with Crippen LogP contribution in [0.4, 0.5) is 11.4 Å². The van der Waals surface area contributed by atoms with Gasteiger partial charge in [-0.05, 0) is 68.1 Å². The van der Waals surface area contributed by atoms with Crippen LogP contribution in [0.2, 0.25) is 0 Å². The van der Waals surface area contributed by atoms with Crippen molar-refractivity contribution in [3.8, 4) is 5.75 Å². The summed E-state index contributed by atoms with van der Waals surface area (Å²) in [6, 6.07) is 12.6. The topological polar surface area (TPSA) is 58.6 Å². The highest BCUT2D eigenvalue weighted by atomic mass is 32.2. The van der Waals surface area contributed by atoms with Gasteiger partial charge in [0.05, 0.1) is 17.7 Å². The van der Waals surface area contributed by atoms with Crippen LogP contribution >= 0.6 is 0 Å². The number of nitrogens with one attached hydrogen (secondary N) is 1. The lowest BCUT2D eigenvalue weighted by molar-refractivity contribution is 0.414. The van der Waals surface area contributed by atoms with Crippen molar-refractivity contribution in [1.82, 2.24) is 0 Å². The lowest BCUT2D eigenvalue weighted by Gasteiger charge is -2.29. The third-order valence-electron chi connectivity index (χ3n) is 4.49. The predicted octanol–water partition coefficient (Wildman–Crippen LogP) is 3.79. The minimum atomic E-state index is -3.64. The first-order chi connectivity index (χ1) is 12.0. The Kier molecular flexibility index (Phi) is 5.18. The summed E-state index contributed by atoms with van der Waals surface area (Å²) in [6.45, 7) is 3.81. The van der Waals surface area contributed by atoms with Crippen LogP contribution in [0, 0.1) is 6.92 Å². The molecule has 1 N–H and O–H groups in total. The minimum absolute atomic E-state index is 0.261. The van der Waals surface area contributed by atoms with Gasteiger partial charge >= 0.3 is 0 Å². The summed E-state index contributed by atoms with van der Waals surface area (Å²) in [4.78, 5) is 2.57. The molecular formula is C19H24N2O3S. The van der Waals surface area contributed by atoms with Gasteiger partial charge in [0.15, 0.2) is 0 Å². The van der Waals surface area contributed by atoms with E-state index in [9.17, 15) is 8.42 Å². The number of nitrogens with zero attached hydrogens (tertiary/aromatic N) is 1. The molecule has 2 aromatic carbocycles. The zero-order chi connectivity index (χ0) is 17.9. The number of aryl methyl sites for hydroxylation is 1. The normalized spacial score (nSPS) is 15.0. The molecule has 1 aliphatic heterocycles. The molecule has 1 saturated heterocycles. The fourth-order valence-electron chi connectivity index (χ4n) is 3.18. The molecule has 0 bridgehead atoms. The van der Waals surface area contributed by atoms with E-state index >= 15 is 0 Å². The molecular weight excluding hydrogens is 336 g/mol. The fourth-order valence-corrected chi connectivity index (χ4v) is 4.46. The van der Waals surface area contributed by atoms with Crippen LogP contribution in [0.1, 0.15) is 24.8 Å². The molecule has 0 unspecified atom stereocenters. The van der Waals surface area contributed by atoms with Gasteiger partial charge in [0.2, 0.25) is 0 Å². The molecule has 0 spiro atoms.